The first kappa shape index (κ1) is 9.31. The van der Waals surface area contributed by atoms with Gasteiger partial charge in [0.05, 0.1) is 9.23 Å². The number of fused-ring (bicyclic) bond motifs is 1. The number of thioether (sulfide) groups is 1. The lowest BCUT2D eigenvalue weighted by Crippen LogP contribution is -1.70. The molecular weight excluding hydrogens is 227 g/mol. The van der Waals surface area contributed by atoms with Gasteiger partial charge in [-0.2, -0.15) is 0 Å². The molecule has 0 unspecified atom stereocenters. The Morgan fingerprint density at radius 2 is 2.23 bits per heavy atom. The van der Waals surface area contributed by atoms with Gasteiger partial charge in [0.25, 0.3) is 0 Å². The lowest BCUT2D eigenvalue weighted by Gasteiger charge is -1.90. The molecule has 0 radical (unpaired) electrons. The molecule has 1 aromatic heterocycles. The predicted molar refractivity (Wildman–Crippen MR) is 58.6 cm³/mol. The largest absolute Gasteiger partial charge is 0.207 e. The highest BCUT2D eigenvalue weighted by Crippen LogP contribution is 2.40. The van der Waals surface area contributed by atoms with Crippen LogP contribution in [0.2, 0.25) is 5.02 Å². The predicted octanol–water partition coefficient (Wildman–Crippen LogP) is 4.42. The Morgan fingerprint density at radius 3 is 2.92 bits per heavy atom. The highest BCUT2D eigenvalue weighted by molar-refractivity contribution is 8.00. The molecule has 0 N–H and O–H groups in total. The van der Waals surface area contributed by atoms with Crippen molar-refractivity contribution in [1.82, 2.24) is 0 Å². The number of hydrogen-bond acceptors (Lipinski definition) is 2. The van der Waals surface area contributed by atoms with Crippen LogP contribution < -0.4 is 0 Å². The van der Waals surface area contributed by atoms with Crippen LogP contribution in [0.4, 0.5) is 4.39 Å². The Bertz CT molecular complexity index is 450. The van der Waals surface area contributed by atoms with Crippen LogP contribution in [0.5, 0.6) is 0 Å². The van der Waals surface area contributed by atoms with Gasteiger partial charge in [0.15, 0.2) is 0 Å². The van der Waals surface area contributed by atoms with E-state index in [9.17, 15) is 4.39 Å². The summed E-state index contributed by atoms with van der Waals surface area (Å²) in [6.45, 7) is 0. The average Bonchev–Trinajstić information content (AvgIpc) is 2.44. The molecule has 2 rings (SSSR count). The fourth-order valence-corrected chi connectivity index (χ4v) is 3.41. The van der Waals surface area contributed by atoms with Crippen LogP contribution in [0, 0.1) is 5.82 Å². The third-order valence-corrected chi connectivity index (χ3v) is 4.65. The quantitative estimate of drug-likeness (QED) is 0.656. The summed E-state index contributed by atoms with van der Waals surface area (Å²) in [5, 5.41) is 1.49. The minimum Gasteiger partial charge on any atom is -0.207 e. The first-order valence-electron chi connectivity index (χ1n) is 3.64. The second kappa shape index (κ2) is 3.48. The summed E-state index contributed by atoms with van der Waals surface area (Å²) in [6.07, 6.45) is 1.97. The average molecular weight is 233 g/mol. The summed E-state index contributed by atoms with van der Waals surface area (Å²) >= 11 is 9.24. The van der Waals surface area contributed by atoms with Crippen molar-refractivity contribution in [2.45, 2.75) is 4.21 Å². The Morgan fingerprint density at radius 1 is 1.46 bits per heavy atom. The van der Waals surface area contributed by atoms with E-state index in [1.165, 1.54) is 12.1 Å². The number of benzene rings is 1. The van der Waals surface area contributed by atoms with Gasteiger partial charge in [0.1, 0.15) is 5.82 Å². The van der Waals surface area contributed by atoms with Crippen LogP contribution >= 0.6 is 34.7 Å². The lowest BCUT2D eigenvalue weighted by atomic mass is 10.2. The van der Waals surface area contributed by atoms with Gasteiger partial charge in [-0.15, -0.1) is 23.1 Å². The van der Waals surface area contributed by atoms with E-state index < -0.39 is 0 Å². The first-order chi connectivity index (χ1) is 6.22. The minimum absolute atomic E-state index is 0.236. The molecule has 0 aliphatic heterocycles. The molecule has 68 valence electrons. The Labute approximate surface area is 88.7 Å². The van der Waals surface area contributed by atoms with Gasteiger partial charge in [-0.1, -0.05) is 11.6 Å². The Kier molecular flexibility index (Phi) is 2.49. The molecule has 1 heterocycles. The zero-order valence-corrected chi connectivity index (χ0v) is 9.19. The summed E-state index contributed by atoms with van der Waals surface area (Å²) < 4.78 is 15.0. The molecule has 0 saturated carbocycles. The van der Waals surface area contributed by atoms with Gasteiger partial charge in [-0.3, -0.25) is 0 Å². The Hall–Kier alpha value is -0.250. The second-order valence-corrected chi connectivity index (χ2v) is 5.05. The van der Waals surface area contributed by atoms with Gasteiger partial charge in [-0.05, 0) is 24.5 Å². The molecule has 0 spiro atoms. The monoisotopic (exact) mass is 232 g/mol. The standard InChI is InChI=1S/C9H6ClFS2/c1-12-9-8(10)6-4-5(11)2-3-7(6)13-9/h2-4H,1H3. The molecule has 0 nitrogen and oxygen atoms in total. The molecule has 0 atom stereocenters. The molecule has 0 aliphatic rings. The number of rotatable bonds is 1. The lowest BCUT2D eigenvalue weighted by molar-refractivity contribution is 0.630. The maximum atomic E-state index is 12.9. The van der Waals surface area contributed by atoms with Crippen molar-refractivity contribution in [2.24, 2.45) is 0 Å². The van der Waals surface area contributed by atoms with E-state index in [0.717, 1.165) is 14.3 Å². The topological polar surface area (TPSA) is 0 Å². The van der Waals surface area contributed by atoms with Crippen LogP contribution in [-0.2, 0) is 0 Å². The van der Waals surface area contributed by atoms with Crippen molar-refractivity contribution in [2.75, 3.05) is 6.26 Å². The fraction of sp³-hybridized carbons (Fsp3) is 0.111. The van der Waals surface area contributed by atoms with Crippen molar-refractivity contribution >= 4 is 44.8 Å². The summed E-state index contributed by atoms with van der Waals surface area (Å²) in [7, 11) is 0. The first-order valence-corrected chi connectivity index (χ1v) is 6.06. The van der Waals surface area contributed by atoms with Crippen molar-refractivity contribution in [3.8, 4) is 0 Å². The molecule has 0 aliphatic carbocycles. The third-order valence-electron chi connectivity index (χ3n) is 1.75. The number of thiophene rings is 1. The van der Waals surface area contributed by atoms with Crippen LogP contribution in [0.15, 0.2) is 22.4 Å². The molecule has 1 aromatic carbocycles. The van der Waals surface area contributed by atoms with E-state index in [-0.39, 0.29) is 5.82 Å². The molecule has 0 amide bonds. The molecular formula is C9H6ClFS2. The van der Waals surface area contributed by atoms with E-state index >= 15 is 0 Å². The molecule has 4 heteroatoms. The fourth-order valence-electron chi connectivity index (χ4n) is 1.15. The van der Waals surface area contributed by atoms with E-state index in [4.69, 9.17) is 11.6 Å². The van der Waals surface area contributed by atoms with Crippen LogP contribution in [0.1, 0.15) is 0 Å². The van der Waals surface area contributed by atoms with Gasteiger partial charge in [0, 0.05) is 10.1 Å². The smallest absolute Gasteiger partial charge is 0.123 e. The van der Waals surface area contributed by atoms with Gasteiger partial charge in [-0.25, -0.2) is 4.39 Å². The highest BCUT2D eigenvalue weighted by atomic mass is 35.5. The minimum atomic E-state index is -0.236. The van der Waals surface area contributed by atoms with Gasteiger partial charge < -0.3 is 0 Å². The maximum absolute atomic E-state index is 12.9. The van der Waals surface area contributed by atoms with Crippen LogP contribution in [0.25, 0.3) is 10.1 Å². The van der Waals surface area contributed by atoms with Crippen molar-refractivity contribution in [1.29, 1.82) is 0 Å². The maximum Gasteiger partial charge on any atom is 0.123 e. The number of halogens is 2. The van der Waals surface area contributed by atoms with Crippen LogP contribution in [0.3, 0.4) is 0 Å². The number of hydrogen-bond donors (Lipinski definition) is 0. The summed E-state index contributed by atoms with van der Waals surface area (Å²) in [5.74, 6) is -0.236. The van der Waals surface area contributed by atoms with E-state index in [1.807, 2.05) is 6.26 Å². The van der Waals surface area contributed by atoms with Crippen molar-refractivity contribution in [3.63, 3.8) is 0 Å². The van der Waals surface area contributed by atoms with Crippen molar-refractivity contribution < 1.29 is 4.39 Å². The second-order valence-electron chi connectivity index (χ2n) is 2.55. The van der Waals surface area contributed by atoms with Crippen LogP contribution in [-0.4, -0.2) is 6.26 Å². The summed E-state index contributed by atoms with van der Waals surface area (Å²) in [5.41, 5.74) is 0. The molecule has 0 fully saturated rings. The van der Waals surface area contributed by atoms with E-state index in [0.29, 0.717) is 5.02 Å². The zero-order chi connectivity index (χ0) is 9.42. The zero-order valence-electron chi connectivity index (χ0n) is 6.80. The Balaban J connectivity index is 2.77. The molecule has 13 heavy (non-hydrogen) atoms. The van der Waals surface area contributed by atoms with E-state index in [2.05, 4.69) is 0 Å². The van der Waals surface area contributed by atoms with E-state index in [1.54, 1.807) is 29.2 Å². The molecule has 0 saturated heterocycles. The van der Waals surface area contributed by atoms with Gasteiger partial charge >= 0.3 is 0 Å². The summed E-state index contributed by atoms with van der Waals surface area (Å²) in [4.78, 5) is 0. The van der Waals surface area contributed by atoms with Crippen molar-refractivity contribution in [3.05, 3.63) is 29.0 Å². The summed E-state index contributed by atoms with van der Waals surface area (Å²) in [6, 6.07) is 4.70. The third kappa shape index (κ3) is 1.56. The van der Waals surface area contributed by atoms with Gasteiger partial charge in [0.2, 0.25) is 0 Å². The molecule has 2 aromatic rings. The molecule has 0 bridgehead atoms. The SMILES string of the molecule is CSc1sc2ccc(F)cc2c1Cl. The highest BCUT2D eigenvalue weighted by Gasteiger charge is 2.09. The normalized spacial score (nSPS) is 11.0.